The summed E-state index contributed by atoms with van der Waals surface area (Å²) in [4.78, 5) is 0. The summed E-state index contributed by atoms with van der Waals surface area (Å²) in [5.41, 5.74) is 2.50. The molecule has 116 valence electrons. The molecule has 1 aliphatic rings. The van der Waals surface area contributed by atoms with Crippen molar-refractivity contribution in [3.8, 4) is 5.75 Å². The molecular weight excluding hydrogens is 348 g/mol. The maximum Gasteiger partial charge on any atom is 0.126 e. The van der Waals surface area contributed by atoms with Gasteiger partial charge in [-0.2, -0.15) is 0 Å². The first-order chi connectivity index (χ1) is 10.2. The van der Waals surface area contributed by atoms with Crippen LogP contribution < -0.4 is 4.74 Å². The zero-order valence-electron chi connectivity index (χ0n) is 12.7. The van der Waals surface area contributed by atoms with Gasteiger partial charge in [0.15, 0.2) is 0 Å². The topological polar surface area (TPSA) is 9.23 Å². The highest BCUT2D eigenvalue weighted by atomic mass is 79.9. The van der Waals surface area contributed by atoms with E-state index in [9.17, 15) is 0 Å². The van der Waals surface area contributed by atoms with Gasteiger partial charge >= 0.3 is 0 Å². The molecule has 1 aliphatic carbocycles. The first-order valence-corrected chi connectivity index (χ1v) is 9.26. The molecule has 21 heavy (non-hydrogen) atoms. The van der Waals surface area contributed by atoms with Crippen LogP contribution in [0.5, 0.6) is 5.75 Å². The lowest BCUT2D eigenvalue weighted by Gasteiger charge is -2.23. The molecule has 1 saturated carbocycles. The Kier molecular flexibility index (Phi) is 7.12. The number of hydrogen-bond donors (Lipinski definition) is 0. The molecule has 1 nitrogen and oxygen atoms in total. The Balaban J connectivity index is 2.24. The van der Waals surface area contributed by atoms with Gasteiger partial charge in [-0.3, -0.25) is 0 Å². The third-order valence-electron chi connectivity index (χ3n) is 4.06. The minimum Gasteiger partial charge on any atom is -0.493 e. The molecule has 0 bridgehead atoms. The molecular formula is C18H24BrClO. The Morgan fingerprint density at radius 1 is 1.33 bits per heavy atom. The molecule has 1 aromatic rings. The van der Waals surface area contributed by atoms with Crippen LogP contribution in [-0.2, 0) is 0 Å². The van der Waals surface area contributed by atoms with E-state index in [0.717, 1.165) is 28.8 Å². The highest BCUT2D eigenvalue weighted by Crippen LogP contribution is 2.33. The number of alkyl halides is 1. The molecule has 0 heterocycles. The normalized spacial score (nSPS) is 17.0. The summed E-state index contributed by atoms with van der Waals surface area (Å²) >= 11 is 9.78. The summed E-state index contributed by atoms with van der Waals surface area (Å²) in [6.45, 7) is 2.88. The molecule has 0 aromatic heterocycles. The van der Waals surface area contributed by atoms with Crippen molar-refractivity contribution in [2.75, 3.05) is 12.5 Å². The SMILES string of the molecule is CCCOc1ccc(Br)cc1/C=C(/CCl)C1CCCCC1. The number of benzene rings is 1. The first-order valence-electron chi connectivity index (χ1n) is 7.93. The summed E-state index contributed by atoms with van der Waals surface area (Å²) in [5.74, 6) is 2.22. The summed E-state index contributed by atoms with van der Waals surface area (Å²) in [6.07, 6.45) is 9.85. The zero-order valence-corrected chi connectivity index (χ0v) is 15.0. The minimum atomic E-state index is 0.615. The van der Waals surface area contributed by atoms with Crippen molar-refractivity contribution in [3.05, 3.63) is 33.8 Å². The second-order valence-electron chi connectivity index (χ2n) is 5.72. The number of hydrogen-bond acceptors (Lipinski definition) is 1. The maximum atomic E-state index is 6.23. The van der Waals surface area contributed by atoms with Gasteiger partial charge in [-0.1, -0.05) is 53.8 Å². The fourth-order valence-electron chi connectivity index (χ4n) is 2.91. The maximum absolute atomic E-state index is 6.23. The van der Waals surface area contributed by atoms with Gasteiger partial charge in [-0.15, -0.1) is 11.6 Å². The van der Waals surface area contributed by atoms with Crippen LogP contribution in [0.4, 0.5) is 0 Å². The van der Waals surface area contributed by atoms with Gasteiger partial charge in [-0.05, 0) is 43.4 Å². The van der Waals surface area contributed by atoms with Crippen LogP contribution in [0, 0.1) is 5.92 Å². The third-order valence-corrected chi connectivity index (χ3v) is 4.86. The van der Waals surface area contributed by atoms with Gasteiger partial charge in [0.1, 0.15) is 5.75 Å². The fraction of sp³-hybridized carbons (Fsp3) is 0.556. The minimum absolute atomic E-state index is 0.615. The van der Waals surface area contributed by atoms with Crippen molar-refractivity contribution in [1.29, 1.82) is 0 Å². The molecule has 0 aliphatic heterocycles. The Hall–Kier alpha value is -0.470. The molecule has 0 radical (unpaired) electrons. The summed E-state index contributed by atoms with van der Waals surface area (Å²) in [6, 6.07) is 6.20. The Bertz CT molecular complexity index is 478. The van der Waals surface area contributed by atoms with Crippen LogP contribution in [0.2, 0.25) is 0 Å². The average molecular weight is 372 g/mol. The molecule has 0 atom stereocenters. The zero-order chi connectivity index (χ0) is 15.1. The predicted octanol–water partition coefficient (Wildman–Crippen LogP) is 6.44. The molecule has 0 spiro atoms. The van der Waals surface area contributed by atoms with E-state index in [4.69, 9.17) is 16.3 Å². The third kappa shape index (κ3) is 5.03. The van der Waals surface area contributed by atoms with Gasteiger partial charge < -0.3 is 4.74 Å². The van der Waals surface area contributed by atoms with Crippen LogP contribution in [0.1, 0.15) is 51.0 Å². The number of halogens is 2. The van der Waals surface area contributed by atoms with E-state index in [1.54, 1.807) is 0 Å². The van der Waals surface area contributed by atoms with Crippen molar-refractivity contribution in [2.24, 2.45) is 5.92 Å². The monoisotopic (exact) mass is 370 g/mol. The van der Waals surface area contributed by atoms with Crippen LogP contribution in [0.25, 0.3) is 6.08 Å². The number of allylic oxidation sites excluding steroid dienone is 1. The van der Waals surface area contributed by atoms with Crippen LogP contribution in [0.15, 0.2) is 28.2 Å². The fourth-order valence-corrected chi connectivity index (χ4v) is 3.59. The second-order valence-corrected chi connectivity index (χ2v) is 6.90. The van der Waals surface area contributed by atoms with Crippen molar-refractivity contribution >= 4 is 33.6 Å². The van der Waals surface area contributed by atoms with Gasteiger partial charge in [0, 0.05) is 15.9 Å². The van der Waals surface area contributed by atoms with Crippen molar-refractivity contribution < 1.29 is 4.74 Å². The lowest BCUT2D eigenvalue weighted by Crippen LogP contribution is -2.10. The van der Waals surface area contributed by atoms with Crippen molar-refractivity contribution in [1.82, 2.24) is 0 Å². The van der Waals surface area contributed by atoms with E-state index in [-0.39, 0.29) is 0 Å². The highest BCUT2D eigenvalue weighted by Gasteiger charge is 2.17. The molecule has 0 unspecified atom stereocenters. The standard InChI is InChI=1S/C18H24BrClO/c1-2-10-21-18-9-8-17(19)12-15(18)11-16(13-20)14-6-4-3-5-7-14/h8-9,11-12,14H,2-7,10,13H2,1H3/b16-11-. The Labute approximate surface area is 141 Å². The van der Waals surface area contributed by atoms with E-state index >= 15 is 0 Å². The number of rotatable bonds is 6. The quantitative estimate of drug-likeness (QED) is 0.523. The molecule has 0 N–H and O–H groups in total. The molecule has 3 heteroatoms. The van der Waals surface area contributed by atoms with Gasteiger partial charge in [0.2, 0.25) is 0 Å². The lowest BCUT2D eigenvalue weighted by atomic mass is 9.83. The highest BCUT2D eigenvalue weighted by molar-refractivity contribution is 9.10. The summed E-state index contributed by atoms with van der Waals surface area (Å²) < 4.78 is 6.94. The van der Waals surface area contributed by atoms with Crippen molar-refractivity contribution in [2.45, 2.75) is 45.4 Å². The van der Waals surface area contributed by atoms with Crippen molar-refractivity contribution in [3.63, 3.8) is 0 Å². The smallest absolute Gasteiger partial charge is 0.126 e. The predicted molar refractivity (Wildman–Crippen MR) is 95.2 cm³/mol. The van der Waals surface area contributed by atoms with Gasteiger partial charge in [-0.25, -0.2) is 0 Å². The van der Waals surface area contributed by atoms with Crippen LogP contribution in [0.3, 0.4) is 0 Å². The van der Waals surface area contributed by atoms with Crippen LogP contribution >= 0.6 is 27.5 Å². The largest absolute Gasteiger partial charge is 0.493 e. The van der Waals surface area contributed by atoms with E-state index in [1.165, 1.54) is 37.7 Å². The average Bonchev–Trinajstić information content (AvgIpc) is 2.52. The van der Waals surface area contributed by atoms with Gasteiger partial charge in [0.25, 0.3) is 0 Å². The summed E-state index contributed by atoms with van der Waals surface area (Å²) in [5, 5.41) is 0. The molecule has 0 saturated heterocycles. The van der Waals surface area contributed by atoms with E-state index < -0.39 is 0 Å². The van der Waals surface area contributed by atoms with E-state index in [2.05, 4.69) is 35.0 Å². The van der Waals surface area contributed by atoms with Gasteiger partial charge in [0.05, 0.1) is 6.61 Å². The molecule has 2 rings (SSSR count). The second kappa shape index (κ2) is 8.85. The molecule has 1 aromatic carbocycles. The van der Waals surface area contributed by atoms with Crippen LogP contribution in [-0.4, -0.2) is 12.5 Å². The van der Waals surface area contributed by atoms with E-state index in [0.29, 0.717) is 11.8 Å². The first kappa shape index (κ1) is 16.9. The lowest BCUT2D eigenvalue weighted by molar-refractivity contribution is 0.316. The molecule has 1 fully saturated rings. The number of ether oxygens (including phenoxy) is 1. The molecule has 0 amide bonds. The Morgan fingerprint density at radius 3 is 2.76 bits per heavy atom. The summed E-state index contributed by atoms with van der Waals surface area (Å²) in [7, 11) is 0. The van der Waals surface area contributed by atoms with E-state index in [1.807, 2.05) is 12.1 Å². The Morgan fingerprint density at radius 2 is 2.10 bits per heavy atom.